The Morgan fingerprint density at radius 2 is 2.21 bits per heavy atom. The van der Waals surface area contributed by atoms with Crippen LogP contribution in [0.3, 0.4) is 0 Å². The van der Waals surface area contributed by atoms with Gasteiger partial charge in [0.05, 0.1) is 11.7 Å². The van der Waals surface area contributed by atoms with Gasteiger partial charge < -0.3 is 5.32 Å². The summed E-state index contributed by atoms with van der Waals surface area (Å²) < 4.78 is 13.0. The van der Waals surface area contributed by atoms with Gasteiger partial charge in [0.1, 0.15) is 12.1 Å². The maximum absolute atomic E-state index is 13.0. The van der Waals surface area contributed by atoms with E-state index in [9.17, 15) is 4.39 Å². The van der Waals surface area contributed by atoms with Crippen LogP contribution in [0.4, 0.5) is 4.39 Å². The maximum atomic E-state index is 13.0. The number of hydrogen-bond donors (Lipinski definition) is 1. The monoisotopic (exact) mass is 279 g/mol. The zero-order valence-corrected chi connectivity index (χ0v) is 11.4. The van der Waals surface area contributed by atoms with Crippen molar-refractivity contribution in [3.05, 3.63) is 58.9 Å². The molecule has 0 radical (unpaired) electrons. The zero-order valence-electron chi connectivity index (χ0n) is 10.6. The highest BCUT2D eigenvalue weighted by Gasteiger charge is 2.14. The Hall–Kier alpha value is -1.52. The molecule has 3 nitrogen and oxygen atoms in total. The smallest absolute Gasteiger partial charge is 0.124 e. The summed E-state index contributed by atoms with van der Waals surface area (Å²) in [5.74, 6) is -0.323. The van der Waals surface area contributed by atoms with Crippen molar-refractivity contribution >= 4 is 11.6 Å². The highest BCUT2D eigenvalue weighted by atomic mass is 35.5. The molecule has 100 valence electrons. The Labute approximate surface area is 116 Å². The van der Waals surface area contributed by atoms with Gasteiger partial charge in [-0.2, -0.15) is 0 Å². The van der Waals surface area contributed by atoms with Crippen molar-refractivity contribution in [3.63, 3.8) is 0 Å². The Morgan fingerprint density at radius 1 is 1.37 bits per heavy atom. The molecule has 0 fully saturated rings. The number of likely N-dealkylation sites (N-methyl/N-ethyl adjacent to an activating group) is 1. The molecule has 1 N–H and O–H groups in total. The fourth-order valence-electron chi connectivity index (χ4n) is 1.94. The standard InChI is InChI=1S/C14H15ClFN3/c1-2-18-14(13-5-6-17-9-19-13)7-10-3-4-11(16)8-12(10)15/h3-6,8-9,14,18H,2,7H2,1H3. The third kappa shape index (κ3) is 3.72. The van der Waals surface area contributed by atoms with Crippen LogP contribution in [0.15, 0.2) is 36.8 Å². The molecule has 1 aromatic carbocycles. The summed E-state index contributed by atoms with van der Waals surface area (Å²) in [5, 5.41) is 3.79. The van der Waals surface area contributed by atoms with Crippen molar-refractivity contribution in [2.45, 2.75) is 19.4 Å². The topological polar surface area (TPSA) is 37.8 Å². The molecule has 1 atom stereocenters. The maximum Gasteiger partial charge on any atom is 0.124 e. The van der Waals surface area contributed by atoms with E-state index >= 15 is 0 Å². The van der Waals surface area contributed by atoms with E-state index in [-0.39, 0.29) is 11.9 Å². The number of aromatic nitrogens is 2. The Balaban J connectivity index is 2.21. The second-order valence-corrected chi connectivity index (χ2v) is 4.59. The summed E-state index contributed by atoms with van der Waals surface area (Å²) in [4.78, 5) is 8.16. The number of nitrogens with zero attached hydrogens (tertiary/aromatic N) is 2. The number of rotatable bonds is 5. The molecule has 2 rings (SSSR count). The van der Waals surface area contributed by atoms with E-state index in [1.54, 1.807) is 12.3 Å². The summed E-state index contributed by atoms with van der Waals surface area (Å²) in [6.07, 6.45) is 3.88. The molecule has 1 heterocycles. The number of nitrogens with one attached hydrogen (secondary N) is 1. The largest absolute Gasteiger partial charge is 0.309 e. The second kappa shape index (κ2) is 6.59. The highest BCUT2D eigenvalue weighted by Crippen LogP contribution is 2.23. The molecule has 0 aliphatic carbocycles. The molecule has 19 heavy (non-hydrogen) atoms. The molecule has 0 spiro atoms. The minimum atomic E-state index is -0.323. The highest BCUT2D eigenvalue weighted by molar-refractivity contribution is 6.31. The van der Waals surface area contributed by atoms with Crippen molar-refractivity contribution in [3.8, 4) is 0 Å². The van der Waals surface area contributed by atoms with E-state index in [1.807, 2.05) is 13.0 Å². The average Bonchev–Trinajstić information content (AvgIpc) is 2.42. The first-order chi connectivity index (χ1) is 9.20. The van der Waals surface area contributed by atoms with Gasteiger partial charge in [-0.25, -0.2) is 14.4 Å². The summed E-state index contributed by atoms with van der Waals surface area (Å²) in [6, 6.07) is 6.37. The molecule has 0 aliphatic heterocycles. The molecule has 2 aromatic rings. The van der Waals surface area contributed by atoms with Crippen LogP contribution >= 0.6 is 11.6 Å². The predicted octanol–water partition coefficient (Wildman–Crippen LogP) is 3.16. The average molecular weight is 280 g/mol. The normalized spacial score (nSPS) is 12.4. The van der Waals surface area contributed by atoms with Crippen molar-refractivity contribution in [1.82, 2.24) is 15.3 Å². The Kier molecular flexibility index (Phi) is 4.82. The molecule has 1 aromatic heterocycles. The molecular formula is C14H15ClFN3. The summed E-state index contributed by atoms with van der Waals surface area (Å²) in [6.45, 7) is 2.84. The van der Waals surface area contributed by atoms with Crippen LogP contribution in [-0.2, 0) is 6.42 Å². The van der Waals surface area contributed by atoms with Crippen molar-refractivity contribution < 1.29 is 4.39 Å². The second-order valence-electron chi connectivity index (χ2n) is 4.18. The van der Waals surface area contributed by atoms with E-state index in [0.29, 0.717) is 11.4 Å². The van der Waals surface area contributed by atoms with Gasteiger partial charge in [-0.15, -0.1) is 0 Å². The summed E-state index contributed by atoms with van der Waals surface area (Å²) >= 11 is 6.06. The van der Waals surface area contributed by atoms with Crippen LogP contribution in [0.25, 0.3) is 0 Å². The predicted molar refractivity (Wildman–Crippen MR) is 73.6 cm³/mol. The SMILES string of the molecule is CCNC(Cc1ccc(F)cc1Cl)c1ccncn1. The number of benzene rings is 1. The molecular weight excluding hydrogens is 265 g/mol. The van der Waals surface area contributed by atoms with Crippen LogP contribution in [0.5, 0.6) is 0 Å². The molecule has 0 bridgehead atoms. The van der Waals surface area contributed by atoms with Gasteiger partial charge in [0.25, 0.3) is 0 Å². The molecule has 0 saturated heterocycles. The van der Waals surface area contributed by atoms with Gasteiger partial charge in [0.2, 0.25) is 0 Å². The first kappa shape index (κ1) is 13.9. The summed E-state index contributed by atoms with van der Waals surface area (Å²) in [5.41, 5.74) is 1.80. The number of halogens is 2. The van der Waals surface area contributed by atoms with Gasteiger partial charge in [-0.1, -0.05) is 24.6 Å². The lowest BCUT2D eigenvalue weighted by Gasteiger charge is -2.17. The molecule has 0 saturated carbocycles. The van der Waals surface area contributed by atoms with Gasteiger partial charge in [-0.3, -0.25) is 0 Å². The van der Waals surface area contributed by atoms with Gasteiger partial charge in [0, 0.05) is 11.2 Å². The fraction of sp³-hybridized carbons (Fsp3) is 0.286. The number of hydrogen-bond acceptors (Lipinski definition) is 3. The molecule has 5 heteroatoms. The summed E-state index contributed by atoms with van der Waals surface area (Å²) in [7, 11) is 0. The van der Waals surface area contributed by atoms with Crippen molar-refractivity contribution in [2.75, 3.05) is 6.54 Å². The van der Waals surface area contributed by atoms with Crippen LogP contribution in [0.1, 0.15) is 24.2 Å². The van der Waals surface area contributed by atoms with E-state index < -0.39 is 0 Å². The van der Waals surface area contributed by atoms with Gasteiger partial charge in [-0.05, 0) is 36.7 Å². The third-order valence-electron chi connectivity index (χ3n) is 2.85. The van der Waals surface area contributed by atoms with Gasteiger partial charge >= 0.3 is 0 Å². The first-order valence-electron chi connectivity index (χ1n) is 6.14. The van der Waals surface area contributed by atoms with E-state index in [0.717, 1.165) is 17.8 Å². The fourth-order valence-corrected chi connectivity index (χ4v) is 2.19. The molecule has 1 unspecified atom stereocenters. The third-order valence-corrected chi connectivity index (χ3v) is 3.20. The van der Waals surface area contributed by atoms with Crippen LogP contribution in [-0.4, -0.2) is 16.5 Å². The van der Waals surface area contributed by atoms with Crippen LogP contribution < -0.4 is 5.32 Å². The minimum absolute atomic E-state index is 0.0379. The first-order valence-corrected chi connectivity index (χ1v) is 6.51. The lowest BCUT2D eigenvalue weighted by atomic mass is 10.0. The van der Waals surface area contributed by atoms with E-state index in [1.165, 1.54) is 18.5 Å². The zero-order chi connectivity index (χ0) is 13.7. The minimum Gasteiger partial charge on any atom is -0.309 e. The Morgan fingerprint density at radius 3 is 2.84 bits per heavy atom. The van der Waals surface area contributed by atoms with Crippen molar-refractivity contribution in [1.29, 1.82) is 0 Å². The molecule has 0 aliphatic rings. The molecule has 0 amide bonds. The van der Waals surface area contributed by atoms with Crippen molar-refractivity contribution in [2.24, 2.45) is 0 Å². The lowest BCUT2D eigenvalue weighted by molar-refractivity contribution is 0.534. The quantitative estimate of drug-likeness (QED) is 0.914. The van der Waals surface area contributed by atoms with Crippen LogP contribution in [0.2, 0.25) is 5.02 Å². The lowest BCUT2D eigenvalue weighted by Crippen LogP contribution is -2.24. The Bertz CT molecular complexity index is 533. The van der Waals surface area contributed by atoms with Gasteiger partial charge in [0.15, 0.2) is 0 Å². The van der Waals surface area contributed by atoms with E-state index in [4.69, 9.17) is 11.6 Å². The van der Waals surface area contributed by atoms with Crippen LogP contribution in [0, 0.1) is 5.82 Å². The van der Waals surface area contributed by atoms with E-state index in [2.05, 4.69) is 15.3 Å².